The second kappa shape index (κ2) is 8.41. The van der Waals surface area contributed by atoms with E-state index in [4.69, 9.17) is 11.6 Å². The van der Waals surface area contributed by atoms with E-state index in [0.717, 1.165) is 37.7 Å². The predicted molar refractivity (Wildman–Crippen MR) is 123 cm³/mol. The van der Waals surface area contributed by atoms with Crippen molar-refractivity contribution in [3.05, 3.63) is 56.7 Å². The summed E-state index contributed by atoms with van der Waals surface area (Å²) in [6, 6.07) is 9.06. The first-order chi connectivity index (χ1) is 14.0. The van der Waals surface area contributed by atoms with Crippen molar-refractivity contribution in [3.63, 3.8) is 0 Å². The Morgan fingerprint density at radius 1 is 1.27 bits per heavy atom. The third-order valence-electron chi connectivity index (χ3n) is 4.80. The van der Waals surface area contributed by atoms with Gasteiger partial charge in [-0.1, -0.05) is 35.9 Å². The number of benzene rings is 2. The van der Waals surface area contributed by atoms with Gasteiger partial charge in [0.25, 0.3) is 0 Å². The summed E-state index contributed by atoms with van der Waals surface area (Å²) in [5, 5.41) is 3.20. The summed E-state index contributed by atoms with van der Waals surface area (Å²) in [6.07, 6.45) is 1.31. The van der Waals surface area contributed by atoms with Gasteiger partial charge >= 0.3 is 4.87 Å². The first-order valence-corrected chi connectivity index (χ1v) is 12.2. The molecule has 160 valence electrons. The van der Waals surface area contributed by atoms with Gasteiger partial charge < -0.3 is 9.88 Å². The number of amides is 1. The van der Waals surface area contributed by atoms with Gasteiger partial charge in [-0.3, -0.25) is 13.9 Å². The van der Waals surface area contributed by atoms with Crippen LogP contribution in [-0.4, -0.2) is 31.2 Å². The number of halogens is 1. The van der Waals surface area contributed by atoms with Gasteiger partial charge in [-0.05, 0) is 49.2 Å². The number of fused-ring (bicyclic) bond motifs is 1. The Morgan fingerprint density at radius 3 is 2.57 bits per heavy atom. The molecule has 0 saturated carbocycles. The van der Waals surface area contributed by atoms with Gasteiger partial charge in [0.2, 0.25) is 15.9 Å². The van der Waals surface area contributed by atoms with Crippen LogP contribution in [0.1, 0.15) is 18.9 Å². The van der Waals surface area contributed by atoms with Crippen molar-refractivity contribution < 1.29 is 13.2 Å². The molecule has 0 aliphatic heterocycles. The Labute approximate surface area is 183 Å². The zero-order chi connectivity index (χ0) is 22.2. The van der Waals surface area contributed by atoms with Crippen LogP contribution in [0.4, 0.5) is 11.4 Å². The summed E-state index contributed by atoms with van der Waals surface area (Å²) < 4.78 is 28.5. The Kier molecular flexibility index (Phi) is 6.26. The van der Waals surface area contributed by atoms with Crippen molar-refractivity contribution in [2.24, 2.45) is 7.05 Å². The largest absolute Gasteiger partial charge is 0.324 e. The molecule has 0 bridgehead atoms. The number of nitrogens with one attached hydrogen (secondary N) is 1. The number of aryl methyl sites for hydroxylation is 2. The fourth-order valence-corrected chi connectivity index (χ4v) is 5.51. The van der Waals surface area contributed by atoms with Gasteiger partial charge in [-0.25, -0.2) is 8.42 Å². The molecular formula is C20H22ClN3O4S2. The van der Waals surface area contributed by atoms with Crippen LogP contribution < -0.4 is 14.5 Å². The van der Waals surface area contributed by atoms with E-state index in [9.17, 15) is 18.0 Å². The number of carbonyl (C=O) groups excluding carboxylic acids is 1. The summed E-state index contributed by atoms with van der Waals surface area (Å²) >= 11 is 7.27. The number of thiazole rings is 1. The first-order valence-electron chi connectivity index (χ1n) is 9.19. The van der Waals surface area contributed by atoms with E-state index in [0.29, 0.717) is 16.4 Å². The highest BCUT2D eigenvalue weighted by molar-refractivity contribution is 7.92. The zero-order valence-electron chi connectivity index (χ0n) is 17.0. The van der Waals surface area contributed by atoms with Gasteiger partial charge in [0.1, 0.15) is 6.04 Å². The standard InChI is InChI=1S/C20H22ClN3O4S2/c1-5-16(24(30(4,27)28)14-8-6-12(2)15(21)11-14)19(25)22-13-7-9-17-18(10-13)29-20(26)23(17)3/h6-11,16H,5H2,1-4H3,(H,22,25)/t16-/m0/s1. The maximum atomic E-state index is 13.1. The van der Waals surface area contributed by atoms with Gasteiger partial charge in [-0.2, -0.15) is 0 Å². The molecule has 1 N–H and O–H groups in total. The van der Waals surface area contributed by atoms with Crippen molar-refractivity contribution in [1.82, 2.24) is 4.57 Å². The van der Waals surface area contributed by atoms with Crippen LogP contribution in [0.25, 0.3) is 10.2 Å². The molecule has 7 nitrogen and oxygen atoms in total. The Morgan fingerprint density at radius 2 is 1.97 bits per heavy atom. The normalized spacial score (nSPS) is 12.7. The topological polar surface area (TPSA) is 88.5 Å². The molecule has 1 aromatic heterocycles. The Hall–Kier alpha value is -2.36. The highest BCUT2D eigenvalue weighted by atomic mass is 35.5. The van der Waals surface area contributed by atoms with E-state index < -0.39 is 22.0 Å². The maximum absolute atomic E-state index is 13.1. The summed E-state index contributed by atoms with van der Waals surface area (Å²) in [5.41, 5.74) is 2.39. The second-order valence-corrected chi connectivity index (χ2v) is 10.3. The van der Waals surface area contributed by atoms with Crippen molar-refractivity contribution in [2.45, 2.75) is 26.3 Å². The molecule has 10 heteroatoms. The zero-order valence-corrected chi connectivity index (χ0v) is 19.4. The van der Waals surface area contributed by atoms with Gasteiger partial charge in [0, 0.05) is 17.8 Å². The number of hydrogen-bond acceptors (Lipinski definition) is 5. The minimum absolute atomic E-state index is 0.0978. The molecule has 30 heavy (non-hydrogen) atoms. The number of carbonyl (C=O) groups is 1. The van der Waals surface area contributed by atoms with Crippen LogP contribution in [0, 0.1) is 6.92 Å². The highest BCUT2D eigenvalue weighted by Crippen LogP contribution is 2.28. The van der Waals surface area contributed by atoms with E-state index in [1.165, 1.54) is 4.57 Å². The average Bonchev–Trinajstić information content (AvgIpc) is 2.94. The highest BCUT2D eigenvalue weighted by Gasteiger charge is 2.32. The van der Waals surface area contributed by atoms with Gasteiger partial charge in [0.15, 0.2) is 0 Å². The third kappa shape index (κ3) is 4.38. The van der Waals surface area contributed by atoms with Gasteiger partial charge in [0.05, 0.1) is 22.2 Å². The quantitative estimate of drug-likeness (QED) is 0.598. The molecule has 0 spiro atoms. The molecule has 0 aliphatic carbocycles. The van der Waals surface area contributed by atoms with Crippen molar-refractivity contribution >= 4 is 60.5 Å². The molecule has 0 aliphatic rings. The Bertz CT molecular complexity index is 1280. The van der Waals surface area contributed by atoms with Crippen molar-refractivity contribution in [2.75, 3.05) is 15.9 Å². The molecule has 1 heterocycles. The monoisotopic (exact) mass is 467 g/mol. The number of aromatic nitrogens is 1. The smallest absolute Gasteiger partial charge is 0.307 e. The number of hydrogen-bond donors (Lipinski definition) is 1. The predicted octanol–water partition coefficient (Wildman–Crippen LogP) is 3.75. The number of nitrogens with zero attached hydrogens (tertiary/aromatic N) is 2. The number of anilines is 2. The molecule has 0 radical (unpaired) electrons. The average molecular weight is 468 g/mol. The molecular weight excluding hydrogens is 446 g/mol. The summed E-state index contributed by atoms with van der Waals surface area (Å²) in [7, 11) is -2.08. The lowest BCUT2D eigenvalue weighted by molar-refractivity contribution is -0.117. The summed E-state index contributed by atoms with van der Waals surface area (Å²) in [4.78, 5) is 24.8. The van der Waals surface area contributed by atoms with Crippen LogP contribution >= 0.6 is 22.9 Å². The molecule has 0 fully saturated rings. The lowest BCUT2D eigenvalue weighted by Crippen LogP contribution is -2.47. The molecule has 3 aromatic rings. The van der Waals surface area contributed by atoms with Crippen LogP contribution in [0.15, 0.2) is 41.2 Å². The van der Waals surface area contributed by atoms with Crippen LogP contribution in [-0.2, 0) is 21.9 Å². The summed E-state index contributed by atoms with van der Waals surface area (Å²) in [5.74, 6) is -0.470. The maximum Gasteiger partial charge on any atom is 0.307 e. The van der Waals surface area contributed by atoms with E-state index in [1.807, 2.05) is 6.92 Å². The minimum Gasteiger partial charge on any atom is -0.324 e. The lowest BCUT2D eigenvalue weighted by Gasteiger charge is -2.30. The molecule has 0 unspecified atom stereocenters. The molecule has 0 saturated heterocycles. The SMILES string of the molecule is CC[C@@H](C(=O)Nc1ccc2c(c1)sc(=O)n2C)N(c1ccc(C)c(Cl)c1)S(C)(=O)=O. The van der Waals surface area contributed by atoms with E-state index in [2.05, 4.69) is 5.32 Å². The van der Waals surface area contributed by atoms with Crippen LogP contribution in [0.3, 0.4) is 0 Å². The minimum atomic E-state index is -3.76. The third-order valence-corrected chi connectivity index (χ3v) is 7.38. The van der Waals surface area contributed by atoms with E-state index >= 15 is 0 Å². The van der Waals surface area contributed by atoms with Crippen LogP contribution in [0.5, 0.6) is 0 Å². The molecule has 1 amide bonds. The molecule has 1 atom stereocenters. The Balaban J connectivity index is 1.96. The number of rotatable bonds is 6. The fraction of sp³-hybridized carbons (Fsp3) is 0.300. The number of sulfonamides is 1. The van der Waals surface area contributed by atoms with Gasteiger partial charge in [-0.15, -0.1) is 0 Å². The first kappa shape index (κ1) is 22.3. The molecule has 2 aromatic carbocycles. The van der Waals surface area contributed by atoms with E-state index in [-0.39, 0.29) is 11.3 Å². The molecule has 3 rings (SSSR count). The fourth-order valence-electron chi connectivity index (χ4n) is 3.22. The summed E-state index contributed by atoms with van der Waals surface area (Å²) in [6.45, 7) is 3.55. The van der Waals surface area contributed by atoms with Crippen LogP contribution in [0.2, 0.25) is 5.02 Å². The second-order valence-electron chi connectivity index (χ2n) is 7.02. The van der Waals surface area contributed by atoms with Crippen molar-refractivity contribution in [1.29, 1.82) is 0 Å². The lowest BCUT2D eigenvalue weighted by atomic mass is 10.1. The van der Waals surface area contributed by atoms with E-state index in [1.54, 1.807) is 50.4 Å². The van der Waals surface area contributed by atoms with Crippen molar-refractivity contribution in [3.8, 4) is 0 Å².